The zero-order valence-electron chi connectivity index (χ0n) is 12.4. The molecule has 0 atom stereocenters. The zero-order chi connectivity index (χ0) is 18.1. The van der Waals surface area contributed by atoms with Crippen LogP contribution in [0.4, 0.5) is 19.0 Å². The van der Waals surface area contributed by atoms with Crippen LogP contribution in [-0.2, 0) is 16.2 Å². The lowest BCUT2D eigenvalue weighted by Gasteiger charge is -2.10. The van der Waals surface area contributed by atoms with Gasteiger partial charge in [-0.3, -0.25) is 14.8 Å². The van der Waals surface area contributed by atoms with Crippen molar-refractivity contribution in [3.8, 4) is 11.3 Å². The molecule has 10 heteroatoms. The third-order valence-corrected chi connectivity index (χ3v) is 4.61. The molecule has 0 saturated carbocycles. The van der Waals surface area contributed by atoms with Gasteiger partial charge in [0.05, 0.1) is 16.2 Å². The monoisotopic (exact) mass is 368 g/mol. The molecule has 2 heterocycles. The quantitative estimate of drug-likeness (QED) is 0.740. The molecule has 2 N–H and O–H groups in total. The number of alkyl halides is 3. The number of aromatic amines is 1. The molecular formula is C15H11F3N4O2S. The van der Waals surface area contributed by atoms with Crippen LogP contribution in [0.5, 0.6) is 0 Å². The predicted molar refractivity (Wildman–Crippen MR) is 84.1 cm³/mol. The van der Waals surface area contributed by atoms with E-state index in [1.54, 1.807) is 6.07 Å². The van der Waals surface area contributed by atoms with E-state index in [0.29, 0.717) is 0 Å². The molecule has 3 rings (SSSR count). The van der Waals surface area contributed by atoms with E-state index in [9.17, 15) is 21.6 Å². The van der Waals surface area contributed by atoms with Crippen LogP contribution in [-0.4, -0.2) is 23.6 Å². The highest BCUT2D eigenvalue weighted by Gasteiger charge is 2.39. The molecule has 6 nitrogen and oxygen atoms in total. The van der Waals surface area contributed by atoms with Crippen LogP contribution < -0.4 is 4.72 Å². The number of hydrogen-bond acceptors (Lipinski definition) is 4. The Hall–Kier alpha value is -2.88. The van der Waals surface area contributed by atoms with Crippen molar-refractivity contribution in [3.63, 3.8) is 0 Å². The third-order valence-electron chi connectivity index (χ3n) is 3.26. The molecule has 0 spiro atoms. The molecule has 0 fully saturated rings. The molecule has 0 amide bonds. The Morgan fingerprint density at radius 2 is 1.68 bits per heavy atom. The lowest BCUT2D eigenvalue weighted by Crippen LogP contribution is -2.14. The van der Waals surface area contributed by atoms with Crippen LogP contribution >= 0.6 is 0 Å². The Labute approximate surface area is 140 Å². The summed E-state index contributed by atoms with van der Waals surface area (Å²) in [4.78, 5) is 3.77. The van der Waals surface area contributed by atoms with E-state index in [0.717, 1.165) is 0 Å². The minimum Gasteiger partial charge on any atom is -0.271 e. The Morgan fingerprint density at radius 1 is 1.00 bits per heavy atom. The maximum atomic E-state index is 13.2. The van der Waals surface area contributed by atoms with Gasteiger partial charge in [0.1, 0.15) is 0 Å². The molecule has 0 radical (unpaired) electrons. The van der Waals surface area contributed by atoms with Gasteiger partial charge in [-0.1, -0.05) is 24.3 Å². The highest BCUT2D eigenvalue weighted by molar-refractivity contribution is 7.92. The molecule has 0 bridgehead atoms. The van der Waals surface area contributed by atoms with Crippen molar-refractivity contribution in [1.82, 2.24) is 15.2 Å². The average molecular weight is 368 g/mol. The number of nitrogens with zero attached hydrogens (tertiary/aromatic N) is 2. The van der Waals surface area contributed by atoms with Crippen LogP contribution in [0, 0.1) is 0 Å². The van der Waals surface area contributed by atoms with Crippen LogP contribution in [0.15, 0.2) is 59.6 Å². The number of nitrogens with one attached hydrogen (secondary N) is 2. The second kappa shape index (κ2) is 6.20. The fraction of sp³-hybridized carbons (Fsp3) is 0.0667. The van der Waals surface area contributed by atoms with Crippen molar-refractivity contribution in [2.45, 2.75) is 11.1 Å². The third kappa shape index (κ3) is 3.48. The van der Waals surface area contributed by atoms with Gasteiger partial charge >= 0.3 is 6.18 Å². The fourth-order valence-corrected chi connectivity index (χ4v) is 3.20. The molecule has 3 aromatic rings. The smallest absolute Gasteiger partial charge is 0.271 e. The number of anilines is 1. The average Bonchev–Trinajstić information content (AvgIpc) is 2.99. The zero-order valence-corrected chi connectivity index (χ0v) is 13.3. The number of benzene rings is 1. The normalized spacial score (nSPS) is 12.1. The summed E-state index contributed by atoms with van der Waals surface area (Å²) in [6.07, 6.45) is -3.45. The van der Waals surface area contributed by atoms with Gasteiger partial charge < -0.3 is 0 Å². The van der Waals surface area contributed by atoms with E-state index in [1.807, 2.05) is 5.10 Å². The van der Waals surface area contributed by atoms with Gasteiger partial charge in [-0.15, -0.1) is 0 Å². The second-order valence-electron chi connectivity index (χ2n) is 4.95. The van der Waals surface area contributed by atoms with Crippen molar-refractivity contribution >= 4 is 15.8 Å². The van der Waals surface area contributed by atoms with Crippen molar-refractivity contribution < 1.29 is 21.6 Å². The highest BCUT2D eigenvalue weighted by atomic mass is 32.2. The molecule has 0 unspecified atom stereocenters. The topological polar surface area (TPSA) is 87.7 Å². The first-order valence-corrected chi connectivity index (χ1v) is 8.42. The Morgan fingerprint density at radius 3 is 2.28 bits per heavy atom. The van der Waals surface area contributed by atoms with Gasteiger partial charge in [0, 0.05) is 6.20 Å². The second-order valence-corrected chi connectivity index (χ2v) is 6.64. The van der Waals surface area contributed by atoms with Crippen molar-refractivity contribution in [3.05, 3.63) is 60.4 Å². The van der Waals surface area contributed by atoms with Crippen LogP contribution in [0.3, 0.4) is 0 Å². The minimum absolute atomic E-state index is 0.0608. The number of aromatic nitrogens is 3. The van der Waals surface area contributed by atoms with Gasteiger partial charge in [-0.2, -0.15) is 18.3 Å². The summed E-state index contributed by atoms with van der Waals surface area (Å²) in [6.45, 7) is 0. The molecule has 1 aromatic carbocycles. The minimum atomic E-state index is -4.75. The van der Waals surface area contributed by atoms with Gasteiger partial charge in [0.25, 0.3) is 10.0 Å². The Bertz CT molecular complexity index is 971. The maximum Gasteiger partial charge on any atom is 0.433 e. The first-order chi connectivity index (χ1) is 11.8. The molecule has 2 aromatic heterocycles. The lowest BCUT2D eigenvalue weighted by molar-refractivity contribution is -0.140. The molecule has 0 aliphatic heterocycles. The van der Waals surface area contributed by atoms with Gasteiger partial charge in [-0.05, 0) is 24.3 Å². The first kappa shape index (κ1) is 17.0. The van der Waals surface area contributed by atoms with E-state index in [4.69, 9.17) is 0 Å². The number of pyridine rings is 1. The van der Waals surface area contributed by atoms with Crippen LogP contribution in [0.25, 0.3) is 11.3 Å². The molecule has 25 heavy (non-hydrogen) atoms. The molecule has 0 aliphatic carbocycles. The number of rotatable bonds is 4. The van der Waals surface area contributed by atoms with E-state index in [1.165, 1.54) is 48.7 Å². The highest BCUT2D eigenvalue weighted by Crippen LogP contribution is 2.39. The van der Waals surface area contributed by atoms with Crippen LogP contribution in [0.1, 0.15) is 5.69 Å². The number of hydrogen-bond donors (Lipinski definition) is 2. The molecule has 0 aliphatic rings. The summed E-state index contributed by atoms with van der Waals surface area (Å²) in [5.41, 5.74) is -1.71. The number of halogens is 3. The Kier molecular flexibility index (Phi) is 4.21. The maximum absolute atomic E-state index is 13.2. The summed E-state index contributed by atoms with van der Waals surface area (Å²) < 4.78 is 66.5. The molecular weight excluding hydrogens is 357 g/mol. The van der Waals surface area contributed by atoms with E-state index >= 15 is 0 Å². The SMILES string of the molecule is O=S(=O)(Nc1n[nH]c(C(F)(F)F)c1-c1ccccn1)c1ccccc1. The summed E-state index contributed by atoms with van der Waals surface area (Å²) in [5, 5.41) is 5.34. The summed E-state index contributed by atoms with van der Waals surface area (Å²) >= 11 is 0. The van der Waals surface area contributed by atoms with Crippen molar-refractivity contribution in [2.75, 3.05) is 4.72 Å². The van der Waals surface area contributed by atoms with Crippen molar-refractivity contribution in [1.29, 1.82) is 0 Å². The molecule has 130 valence electrons. The summed E-state index contributed by atoms with van der Waals surface area (Å²) in [7, 11) is -4.10. The van der Waals surface area contributed by atoms with E-state index in [2.05, 4.69) is 14.8 Å². The largest absolute Gasteiger partial charge is 0.433 e. The van der Waals surface area contributed by atoms with Gasteiger partial charge in [0.15, 0.2) is 11.5 Å². The fourth-order valence-electron chi connectivity index (χ4n) is 2.17. The molecule has 0 saturated heterocycles. The lowest BCUT2D eigenvalue weighted by atomic mass is 10.1. The number of H-pyrrole nitrogens is 1. The number of sulfonamides is 1. The summed E-state index contributed by atoms with van der Waals surface area (Å²) in [5.74, 6) is -0.477. The van der Waals surface area contributed by atoms with E-state index < -0.39 is 33.3 Å². The van der Waals surface area contributed by atoms with E-state index in [-0.39, 0.29) is 10.6 Å². The van der Waals surface area contributed by atoms with Crippen LogP contribution in [0.2, 0.25) is 0 Å². The predicted octanol–water partition coefficient (Wildman–Crippen LogP) is 3.29. The van der Waals surface area contributed by atoms with Gasteiger partial charge in [0.2, 0.25) is 0 Å². The van der Waals surface area contributed by atoms with Crippen molar-refractivity contribution in [2.24, 2.45) is 0 Å². The standard InChI is InChI=1S/C15H11F3N4O2S/c16-15(17,18)13-12(11-8-4-5-9-19-11)14(21-20-13)22-25(23,24)10-6-2-1-3-7-10/h1-9H,(H2,20,21,22). The summed E-state index contributed by atoms with van der Waals surface area (Å²) in [6, 6.07) is 11.6. The first-order valence-electron chi connectivity index (χ1n) is 6.94. The van der Waals surface area contributed by atoms with Gasteiger partial charge in [-0.25, -0.2) is 8.42 Å². The Balaban J connectivity index is 2.10.